The smallest absolute Gasteiger partial charge is 0.151 e. The van der Waals surface area contributed by atoms with Crippen LogP contribution in [0.1, 0.15) is 17.3 Å². The van der Waals surface area contributed by atoms with Crippen molar-refractivity contribution in [1.29, 1.82) is 0 Å². The first-order chi connectivity index (χ1) is 7.75. The highest BCUT2D eigenvalue weighted by Gasteiger charge is 2.00. The quantitative estimate of drug-likeness (QED) is 0.731. The van der Waals surface area contributed by atoms with Crippen LogP contribution in [0.4, 0.5) is 0 Å². The van der Waals surface area contributed by atoms with Crippen LogP contribution in [0.3, 0.4) is 0 Å². The van der Waals surface area contributed by atoms with E-state index < -0.39 is 0 Å². The van der Waals surface area contributed by atoms with Crippen molar-refractivity contribution in [3.8, 4) is 0 Å². The Kier molecular flexibility index (Phi) is 3.36. The van der Waals surface area contributed by atoms with Crippen LogP contribution in [0.2, 0.25) is 0 Å². The van der Waals surface area contributed by atoms with Crippen molar-refractivity contribution in [1.82, 2.24) is 25.1 Å². The van der Waals surface area contributed by atoms with E-state index >= 15 is 0 Å². The number of nitrogens with one attached hydrogen (secondary N) is 2. The van der Waals surface area contributed by atoms with Gasteiger partial charge in [0.2, 0.25) is 0 Å². The van der Waals surface area contributed by atoms with Gasteiger partial charge >= 0.3 is 0 Å². The van der Waals surface area contributed by atoms with Crippen molar-refractivity contribution in [3.63, 3.8) is 0 Å². The molecule has 0 radical (unpaired) electrons. The molecule has 16 heavy (non-hydrogen) atoms. The molecule has 0 atom stereocenters. The molecule has 5 heteroatoms. The molecule has 0 aromatic carbocycles. The summed E-state index contributed by atoms with van der Waals surface area (Å²) in [5.74, 6) is 1.74. The molecule has 86 valence electrons. The third-order valence-electron chi connectivity index (χ3n) is 2.53. The summed E-state index contributed by atoms with van der Waals surface area (Å²) < 4.78 is 2.12. The fourth-order valence-corrected chi connectivity index (χ4v) is 1.60. The summed E-state index contributed by atoms with van der Waals surface area (Å²) in [6, 6.07) is 4.17. The number of aryl methyl sites for hydroxylation is 2. The summed E-state index contributed by atoms with van der Waals surface area (Å²) >= 11 is 0. The van der Waals surface area contributed by atoms with Gasteiger partial charge in [0.15, 0.2) is 5.82 Å². The van der Waals surface area contributed by atoms with Gasteiger partial charge in [0, 0.05) is 38.4 Å². The molecule has 0 aliphatic rings. The van der Waals surface area contributed by atoms with Crippen LogP contribution in [-0.4, -0.2) is 26.3 Å². The molecule has 0 bridgehead atoms. The molecule has 0 unspecified atom stereocenters. The third kappa shape index (κ3) is 2.70. The Labute approximate surface area is 94.9 Å². The Hall–Kier alpha value is -1.62. The molecule has 5 nitrogen and oxygen atoms in total. The molecule has 0 aliphatic carbocycles. The predicted octanol–water partition coefficient (Wildman–Crippen LogP) is 0.784. The van der Waals surface area contributed by atoms with E-state index in [9.17, 15) is 0 Å². The lowest BCUT2D eigenvalue weighted by Crippen LogP contribution is -2.18. The molecule has 2 rings (SSSR count). The van der Waals surface area contributed by atoms with Crippen LogP contribution in [0.15, 0.2) is 18.3 Å². The van der Waals surface area contributed by atoms with Crippen LogP contribution >= 0.6 is 0 Å². The van der Waals surface area contributed by atoms with Gasteiger partial charge in [0.25, 0.3) is 0 Å². The van der Waals surface area contributed by atoms with Crippen molar-refractivity contribution < 1.29 is 0 Å². The van der Waals surface area contributed by atoms with Gasteiger partial charge in [-0.15, -0.1) is 0 Å². The van der Waals surface area contributed by atoms with E-state index in [1.165, 1.54) is 5.69 Å². The average molecular weight is 219 g/mol. The topological polar surface area (TPSA) is 58.5 Å². The summed E-state index contributed by atoms with van der Waals surface area (Å²) in [6.07, 6.45) is 2.91. The summed E-state index contributed by atoms with van der Waals surface area (Å²) in [4.78, 5) is 4.25. The Morgan fingerprint density at radius 2 is 2.38 bits per heavy atom. The minimum absolute atomic E-state index is 0.856. The molecule has 0 spiro atoms. The van der Waals surface area contributed by atoms with E-state index in [0.29, 0.717) is 0 Å². The van der Waals surface area contributed by atoms with Gasteiger partial charge in [-0.2, -0.15) is 5.10 Å². The molecule has 2 aromatic rings. The monoisotopic (exact) mass is 219 g/mol. The molecule has 2 N–H and O–H groups in total. The van der Waals surface area contributed by atoms with Crippen molar-refractivity contribution in [2.45, 2.75) is 19.9 Å². The molecular weight excluding hydrogens is 202 g/mol. The van der Waals surface area contributed by atoms with Gasteiger partial charge in [0.05, 0.1) is 0 Å². The van der Waals surface area contributed by atoms with Crippen LogP contribution in [0.25, 0.3) is 0 Å². The van der Waals surface area contributed by atoms with Crippen LogP contribution in [0, 0.1) is 6.92 Å². The second-order valence-electron chi connectivity index (χ2n) is 3.87. The SMILES string of the molecule is Cc1nc(CCNCc2cccn2C)n[nH]1. The lowest BCUT2D eigenvalue weighted by molar-refractivity contribution is 0.642. The normalized spacial score (nSPS) is 10.9. The van der Waals surface area contributed by atoms with Crippen molar-refractivity contribution in [3.05, 3.63) is 35.7 Å². The maximum absolute atomic E-state index is 4.25. The van der Waals surface area contributed by atoms with E-state index in [1.54, 1.807) is 0 Å². The lowest BCUT2D eigenvalue weighted by Gasteiger charge is -2.04. The fourth-order valence-electron chi connectivity index (χ4n) is 1.60. The largest absolute Gasteiger partial charge is 0.353 e. The van der Waals surface area contributed by atoms with E-state index in [0.717, 1.165) is 31.2 Å². The highest BCUT2D eigenvalue weighted by molar-refractivity contribution is 5.05. The summed E-state index contributed by atoms with van der Waals surface area (Å²) in [5, 5.41) is 10.3. The summed E-state index contributed by atoms with van der Waals surface area (Å²) in [6.45, 7) is 3.68. The highest BCUT2D eigenvalue weighted by Crippen LogP contribution is 1.98. The highest BCUT2D eigenvalue weighted by atomic mass is 15.2. The van der Waals surface area contributed by atoms with Crippen LogP contribution < -0.4 is 5.32 Å². The number of nitrogens with zero attached hydrogens (tertiary/aromatic N) is 3. The van der Waals surface area contributed by atoms with E-state index in [4.69, 9.17) is 0 Å². The molecule has 0 aliphatic heterocycles. The van der Waals surface area contributed by atoms with Crippen molar-refractivity contribution in [2.24, 2.45) is 7.05 Å². The number of aromatic amines is 1. The minimum atomic E-state index is 0.856. The third-order valence-corrected chi connectivity index (χ3v) is 2.53. The maximum Gasteiger partial charge on any atom is 0.151 e. The van der Waals surface area contributed by atoms with Crippen molar-refractivity contribution in [2.75, 3.05) is 6.54 Å². The van der Waals surface area contributed by atoms with E-state index in [2.05, 4.69) is 50.4 Å². The van der Waals surface area contributed by atoms with Gasteiger partial charge in [-0.25, -0.2) is 4.98 Å². The minimum Gasteiger partial charge on any atom is -0.353 e. The van der Waals surface area contributed by atoms with Crippen LogP contribution in [-0.2, 0) is 20.0 Å². The first-order valence-electron chi connectivity index (χ1n) is 5.44. The Bertz CT molecular complexity index is 443. The zero-order valence-corrected chi connectivity index (χ0v) is 9.70. The number of aromatic nitrogens is 4. The van der Waals surface area contributed by atoms with Gasteiger partial charge in [-0.3, -0.25) is 5.10 Å². The predicted molar refractivity (Wildman–Crippen MR) is 61.9 cm³/mol. The van der Waals surface area contributed by atoms with Crippen molar-refractivity contribution >= 4 is 0 Å². The number of hydrogen-bond donors (Lipinski definition) is 2. The Morgan fingerprint density at radius 1 is 1.50 bits per heavy atom. The standard InChI is InChI=1S/C11H17N5/c1-9-13-11(15-14-9)5-6-12-8-10-4-3-7-16(10)2/h3-4,7,12H,5-6,8H2,1-2H3,(H,13,14,15). The second-order valence-corrected chi connectivity index (χ2v) is 3.87. The van der Waals surface area contributed by atoms with Gasteiger partial charge in [-0.1, -0.05) is 0 Å². The molecule has 2 aromatic heterocycles. The molecule has 0 saturated heterocycles. The second kappa shape index (κ2) is 4.94. The van der Waals surface area contributed by atoms with E-state index in [1.807, 2.05) is 6.92 Å². The number of H-pyrrole nitrogens is 1. The number of hydrogen-bond acceptors (Lipinski definition) is 3. The first kappa shape index (κ1) is 10.9. The Balaban J connectivity index is 1.71. The fraction of sp³-hybridized carbons (Fsp3) is 0.455. The van der Waals surface area contributed by atoms with Gasteiger partial charge in [-0.05, 0) is 19.1 Å². The zero-order chi connectivity index (χ0) is 11.4. The lowest BCUT2D eigenvalue weighted by atomic mass is 10.3. The molecule has 0 amide bonds. The molecule has 0 fully saturated rings. The zero-order valence-electron chi connectivity index (χ0n) is 9.70. The summed E-state index contributed by atoms with van der Waals surface area (Å²) in [7, 11) is 2.05. The molecular formula is C11H17N5. The van der Waals surface area contributed by atoms with Crippen LogP contribution in [0.5, 0.6) is 0 Å². The van der Waals surface area contributed by atoms with E-state index in [-0.39, 0.29) is 0 Å². The van der Waals surface area contributed by atoms with Gasteiger partial charge in [0.1, 0.15) is 5.82 Å². The molecule has 0 saturated carbocycles. The Morgan fingerprint density at radius 3 is 3.00 bits per heavy atom. The van der Waals surface area contributed by atoms with Gasteiger partial charge < -0.3 is 9.88 Å². The number of rotatable bonds is 5. The summed E-state index contributed by atoms with van der Waals surface area (Å²) in [5.41, 5.74) is 1.28. The first-order valence-corrected chi connectivity index (χ1v) is 5.44. The average Bonchev–Trinajstić information content (AvgIpc) is 2.83. The maximum atomic E-state index is 4.25. The molecule has 2 heterocycles.